The highest BCUT2D eigenvalue weighted by molar-refractivity contribution is 5.92. The Morgan fingerprint density at radius 3 is 0.809 bits per heavy atom. The van der Waals surface area contributed by atoms with Crippen LogP contribution in [0.4, 0.5) is 28.4 Å². The third-order valence-electron chi connectivity index (χ3n) is 8.70. The molecule has 0 aliphatic rings. The van der Waals surface area contributed by atoms with Gasteiger partial charge in [0.25, 0.3) is 0 Å². The Labute approximate surface area is 274 Å². The molecule has 0 amide bonds. The fourth-order valence-electron chi connectivity index (χ4n) is 6.13. The Morgan fingerprint density at radius 1 is 0.213 bits per heavy atom. The molecule has 228 valence electrons. The molecule has 7 rings (SSSR count). The van der Waals surface area contributed by atoms with Crippen molar-refractivity contribution in [1.29, 1.82) is 0 Å². The molecule has 0 spiro atoms. The van der Waals surface area contributed by atoms with Crippen LogP contribution >= 0.6 is 0 Å². The van der Waals surface area contributed by atoms with Crippen molar-refractivity contribution < 1.29 is 0 Å². The van der Waals surface area contributed by atoms with E-state index in [9.17, 15) is 0 Å². The molecule has 0 aliphatic carbocycles. The van der Waals surface area contributed by atoms with Crippen LogP contribution in [0.3, 0.4) is 0 Å². The molecule has 0 bridgehead atoms. The van der Waals surface area contributed by atoms with Gasteiger partial charge in [0.15, 0.2) is 0 Å². The summed E-state index contributed by atoms with van der Waals surface area (Å²) in [5, 5.41) is 0. The summed E-state index contributed by atoms with van der Waals surface area (Å²) in [5.41, 5.74) is 47.7. The van der Waals surface area contributed by atoms with Crippen molar-refractivity contribution in [2.24, 2.45) is 0 Å². The lowest BCUT2D eigenvalue weighted by Gasteiger charge is -2.16. The van der Waals surface area contributed by atoms with Crippen LogP contribution in [0, 0.1) is 0 Å². The minimum Gasteiger partial charge on any atom is -0.398 e. The third kappa shape index (κ3) is 5.74. The van der Waals surface area contributed by atoms with Crippen molar-refractivity contribution in [3.8, 4) is 66.8 Å². The van der Waals surface area contributed by atoms with Crippen molar-refractivity contribution in [1.82, 2.24) is 0 Å². The number of hydrogen-bond acceptors (Lipinski definition) is 5. The standard InChI is InChI=1S/C42H35N5/c43-38-17-12-29(22-33(38)27-9-5-2-6-10-27)35-24-31(14-19-40(35)45)37-25-32(15-20-42(37)47)36-23-30(13-18-41(36)46)34-21-28(11-16-39(34)44)26-7-3-1-4-8-26/h1-25H,43-47H2. The van der Waals surface area contributed by atoms with Gasteiger partial charge in [-0.3, -0.25) is 0 Å². The van der Waals surface area contributed by atoms with Gasteiger partial charge in [0.2, 0.25) is 0 Å². The van der Waals surface area contributed by atoms with E-state index in [1.54, 1.807) is 0 Å². The van der Waals surface area contributed by atoms with Crippen LogP contribution in [0.1, 0.15) is 0 Å². The smallest absolute Gasteiger partial charge is 0.0394 e. The fraction of sp³-hybridized carbons (Fsp3) is 0. The highest BCUT2D eigenvalue weighted by Crippen LogP contribution is 2.40. The fourth-order valence-corrected chi connectivity index (χ4v) is 6.13. The van der Waals surface area contributed by atoms with Crippen molar-refractivity contribution in [3.63, 3.8) is 0 Å². The molecular formula is C42H35N5. The van der Waals surface area contributed by atoms with E-state index in [2.05, 4.69) is 54.6 Å². The SMILES string of the molecule is Nc1ccc(-c2ccccc2)cc1-c1ccc(N)c(-c2ccc(N)c(-c3ccc(N)c(-c4ccc(N)c(-c5ccccc5)c4)c3)c2)c1. The Bertz CT molecular complexity index is 2240. The molecule has 5 nitrogen and oxygen atoms in total. The zero-order chi connectivity index (χ0) is 32.5. The maximum Gasteiger partial charge on any atom is 0.0394 e. The first-order valence-electron chi connectivity index (χ1n) is 15.5. The van der Waals surface area contributed by atoms with Crippen LogP contribution < -0.4 is 28.7 Å². The molecule has 47 heavy (non-hydrogen) atoms. The average molecular weight is 610 g/mol. The van der Waals surface area contributed by atoms with Crippen molar-refractivity contribution >= 4 is 28.4 Å². The van der Waals surface area contributed by atoms with Crippen LogP contribution in [0.2, 0.25) is 0 Å². The number of rotatable bonds is 6. The second-order valence-electron chi connectivity index (χ2n) is 11.7. The summed E-state index contributed by atoms with van der Waals surface area (Å²) in [4.78, 5) is 0. The van der Waals surface area contributed by atoms with Gasteiger partial charge in [0.1, 0.15) is 0 Å². The molecule has 0 aliphatic heterocycles. The molecule has 10 N–H and O–H groups in total. The van der Waals surface area contributed by atoms with Gasteiger partial charge in [0.05, 0.1) is 0 Å². The zero-order valence-corrected chi connectivity index (χ0v) is 25.8. The van der Waals surface area contributed by atoms with Crippen molar-refractivity contribution in [2.45, 2.75) is 0 Å². The van der Waals surface area contributed by atoms with Crippen LogP contribution in [-0.2, 0) is 0 Å². The summed E-state index contributed by atoms with van der Waals surface area (Å²) >= 11 is 0. The highest BCUT2D eigenvalue weighted by atomic mass is 14.6. The summed E-state index contributed by atoms with van der Waals surface area (Å²) in [5.74, 6) is 0. The van der Waals surface area contributed by atoms with Gasteiger partial charge in [-0.15, -0.1) is 0 Å². The number of nitrogens with two attached hydrogens (primary N) is 5. The maximum atomic E-state index is 6.60. The molecule has 0 heterocycles. The number of benzene rings is 7. The van der Waals surface area contributed by atoms with Crippen LogP contribution in [0.5, 0.6) is 0 Å². The molecule has 0 saturated carbocycles. The first kappa shape index (κ1) is 29.3. The summed E-state index contributed by atoms with van der Waals surface area (Å²) < 4.78 is 0. The Balaban J connectivity index is 1.28. The lowest BCUT2D eigenvalue weighted by Crippen LogP contribution is -1.97. The Morgan fingerprint density at radius 2 is 0.468 bits per heavy atom. The summed E-state index contributed by atoms with van der Waals surface area (Å²) in [6.07, 6.45) is 0. The predicted molar refractivity (Wildman–Crippen MR) is 201 cm³/mol. The van der Waals surface area contributed by atoms with E-state index in [1.165, 1.54) is 0 Å². The minimum absolute atomic E-state index is 0.654. The van der Waals surface area contributed by atoms with Crippen LogP contribution in [0.15, 0.2) is 152 Å². The monoisotopic (exact) mass is 609 g/mol. The molecule has 0 radical (unpaired) electrons. The largest absolute Gasteiger partial charge is 0.398 e. The number of anilines is 5. The molecule has 5 heteroatoms. The second kappa shape index (κ2) is 12.1. The molecule has 0 unspecified atom stereocenters. The Hall–Kier alpha value is -6.46. The zero-order valence-electron chi connectivity index (χ0n) is 25.8. The molecule has 7 aromatic carbocycles. The normalized spacial score (nSPS) is 11.0. The first-order valence-corrected chi connectivity index (χ1v) is 15.5. The molecule has 0 aromatic heterocycles. The van der Waals surface area contributed by atoms with E-state index in [-0.39, 0.29) is 0 Å². The average Bonchev–Trinajstić information content (AvgIpc) is 3.10. The third-order valence-corrected chi connectivity index (χ3v) is 8.70. The second-order valence-corrected chi connectivity index (χ2v) is 11.7. The van der Waals surface area contributed by atoms with Gasteiger partial charge < -0.3 is 28.7 Å². The van der Waals surface area contributed by atoms with Gasteiger partial charge in [0, 0.05) is 56.3 Å². The van der Waals surface area contributed by atoms with E-state index in [1.807, 2.05) is 97.1 Å². The van der Waals surface area contributed by atoms with Gasteiger partial charge in [-0.05, 0) is 99.6 Å². The van der Waals surface area contributed by atoms with E-state index < -0.39 is 0 Å². The lowest BCUT2D eigenvalue weighted by molar-refractivity contribution is 1.55. The number of nitrogen functional groups attached to an aromatic ring is 5. The van der Waals surface area contributed by atoms with Crippen molar-refractivity contribution in [3.05, 3.63) is 152 Å². The molecule has 0 fully saturated rings. The molecular weight excluding hydrogens is 574 g/mol. The van der Waals surface area contributed by atoms with E-state index in [0.717, 1.165) is 66.8 Å². The topological polar surface area (TPSA) is 130 Å². The van der Waals surface area contributed by atoms with Crippen LogP contribution in [-0.4, -0.2) is 0 Å². The summed E-state index contributed by atoms with van der Waals surface area (Å²) in [6.45, 7) is 0. The first-order chi connectivity index (χ1) is 22.9. The van der Waals surface area contributed by atoms with Gasteiger partial charge >= 0.3 is 0 Å². The van der Waals surface area contributed by atoms with Crippen LogP contribution in [0.25, 0.3) is 66.8 Å². The van der Waals surface area contributed by atoms with E-state index in [4.69, 9.17) is 28.7 Å². The minimum atomic E-state index is 0.654. The van der Waals surface area contributed by atoms with Gasteiger partial charge in [-0.1, -0.05) is 91.0 Å². The summed E-state index contributed by atoms with van der Waals surface area (Å²) in [6, 6.07) is 50.6. The number of hydrogen-bond donors (Lipinski definition) is 5. The van der Waals surface area contributed by atoms with Crippen molar-refractivity contribution in [2.75, 3.05) is 28.7 Å². The maximum absolute atomic E-state index is 6.60. The van der Waals surface area contributed by atoms with Gasteiger partial charge in [-0.2, -0.15) is 0 Å². The van der Waals surface area contributed by atoms with E-state index >= 15 is 0 Å². The lowest BCUT2D eigenvalue weighted by atomic mass is 9.91. The summed E-state index contributed by atoms with van der Waals surface area (Å²) in [7, 11) is 0. The van der Waals surface area contributed by atoms with E-state index in [0.29, 0.717) is 28.4 Å². The Kier molecular flexibility index (Phi) is 7.56. The molecule has 0 saturated heterocycles. The molecule has 0 atom stereocenters. The molecule has 7 aromatic rings. The highest BCUT2D eigenvalue weighted by Gasteiger charge is 2.14. The van der Waals surface area contributed by atoms with Gasteiger partial charge in [-0.25, -0.2) is 0 Å². The quantitative estimate of drug-likeness (QED) is 0.120. The predicted octanol–water partition coefficient (Wildman–Crippen LogP) is 9.60.